The van der Waals surface area contributed by atoms with Gasteiger partial charge in [-0.05, 0) is 41.7 Å². The molecule has 0 unspecified atom stereocenters. The number of nitrogens with one attached hydrogen (secondary N) is 1. The minimum absolute atomic E-state index is 0.0920. The van der Waals surface area contributed by atoms with E-state index in [4.69, 9.17) is 0 Å². The van der Waals surface area contributed by atoms with E-state index in [0.29, 0.717) is 12.0 Å². The van der Waals surface area contributed by atoms with Crippen LogP contribution < -0.4 is 10.2 Å². The lowest BCUT2D eigenvalue weighted by atomic mass is 9.73. The van der Waals surface area contributed by atoms with E-state index in [1.807, 2.05) is 48.5 Å². The molecule has 1 aliphatic heterocycles. The average Bonchev–Trinajstić information content (AvgIpc) is 2.74. The summed E-state index contributed by atoms with van der Waals surface area (Å²) in [6.45, 7) is 5.79. The third-order valence-corrected chi connectivity index (χ3v) is 5.90. The Morgan fingerprint density at radius 1 is 1.14 bits per heavy atom. The maximum atomic E-state index is 13.3. The second-order valence-electron chi connectivity index (χ2n) is 8.32. The third-order valence-electron chi connectivity index (χ3n) is 5.40. The molecule has 1 N–H and O–H groups in total. The zero-order chi connectivity index (χ0) is 20.1. The molecule has 1 amide bonds. The Hall–Kier alpha value is -2.40. The Bertz CT molecular complexity index is 1010. The first kappa shape index (κ1) is 18.9. The van der Waals surface area contributed by atoms with Crippen LogP contribution in [0, 0.1) is 5.41 Å². The molecule has 0 aromatic heterocycles. The Morgan fingerprint density at radius 2 is 1.89 bits per heavy atom. The first-order chi connectivity index (χ1) is 13.3. The van der Waals surface area contributed by atoms with Gasteiger partial charge in [0.2, 0.25) is 5.91 Å². The van der Waals surface area contributed by atoms with Crippen molar-refractivity contribution in [2.75, 3.05) is 10.2 Å². The van der Waals surface area contributed by atoms with E-state index in [0.717, 1.165) is 33.5 Å². The molecule has 0 fully saturated rings. The number of para-hydroxylation sites is 2. The summed E-state index contributed by atoms with van der Waals surface area (Å²) >= 11 is 3.54. The predicted molar refractivity (Wildman–Crippen MR) is 115 cm³/mol. The van der Waals surface area contributed by atoms with Crippen LogP contribution in [0.1, 0.15) is 45.2 Å². The van der Waals surface area contributed by atoms with Crippen LogP contribution in [0.5, 0.6) is 0 Å². The molecule has 1 atom stereocenters. The number of fused-ring (bicyclic) bond motifs is 1. The number of carbonyl (C=O) groups excluding carboxylic acids is 2. The van der Waals surface area contributed by atoms with E-state index >= 15 is 0 Å². The lowest BCUT2D eigenvalue weighted by Gasteiger charge is -2.36. The number of hydrogen-bond donors (Lipinski definition) is 1. The zero-order valence-electron chi connectivity index (χ0n) is 16.3. The molecular weight excluding hydrogens is 416 g/mol. The highest BCUT2D eigenvalue weighted by molar-refractivity contribution is 9.10. The van der Waals surface area contributed by atoms with Gasteiger partial charge in [-0.2, -0.15) is 0 Å². The van der Waals surface area contributed by atoms with Gasteiger partial charge in [0.1, 0.15) is 0 Å². The van der Waals surface area contributed by atoms with Crippen LogP contribution in [0.15, 0.2) is 64.3 Å². The first-order valence-electron chi connectivity index (χ1n) is 9.44. The summed E-state index contributed by atoms with van der Waals surface area (Å²) in [4.78, 5) is 27.9. The number of hydrogen-bond acceptors (Lipinski definition) is 3. The van der Waals surface area contributed by atoms with Crippen molar-refractivity contribution in [3.05, 3.63) is 69.8 Å². The van der Waals surface area contributed by atoms with Crippen molar-refractivity contribution in [2.24, 2.45) is 5.41 Å². The van der Waals surface area contributed by atoms with Gasteiger partial charge in [-0.3, -0.25) is 14.5 Å². The number of benzene rings is 2. The van der Waals surface area contributed by atoms with Crippen molar-refractivity contribution >= 4 is 39.0 Å². The van der Waals surface area contributed by atoms with Gasteiger partial charge in [0.15, 0.2) is 5.78 Å². The quantitative estimate of drug-likeness (QED) is 0.628. The minimum Gasteiger partial charge on any atom is -0.357 e. The van der Waals surface area contributed by atoms with E-state index in [1.165, 1.54) is 0 Å². The van der Waals surface area contributed by atoms with E-state index in [9.17, 15) is 9.59 Å². The summed E-state index contributed by atoms with van der Waals surface area (Å²) in [5, 5.41) is 3.50. The van der Waals surface area contributed by atoms with Gasteiger partial charge in [-0.25, -0.2) is 0 Å². The molecule has 28 heavy (non-hydrogen) atoms. The van der Waals surface area contributed by atoms with Crippen LogP contribution in [0.4, 0.5) is 11.4 Å². The largest absolute Gasteiger partial charge is 0.357 e. The summed E-state index contributed by atoms with van der Waals surface area (Å²) in [5.74, 6) is 0.00777. The highest BCUT2D eigenvalue weighted by Gasteiger charge is 2.42. The number of halogens is 1. The number of nitrogens with zero attached hydrogens (tertiary/aromatic N) is 1. The summed E-state index contributed by atoms with van der Waals surface area (Å²) in [6.07, 6.45) is 1.23. The molecule has 0 saturated heterocycles. The number of anilines is 2. The van der Waals surface area contributed by atoms with Gasteiger partial charge in [0, 0.05) is 29.1 Å². The summed E-state index contributed by atoms with van der Waals surface area (Å²) < 4.78 is 0.921. The Labute approximate surface area is 173 Å². The number of Topliss-reactive ketones (excluding diaryl/α,β-unsaturated/α-hetero) is 1. The van der Waals surface area contributed by atoms with E-state index < -0.39 is 6.04 Å². The SMILES string of the molecule is CC(=O)N1c2ccccc2NC2=C(C(=O)CC(C)(C)C2)[C@@H]1c1cccc(Br)c1. The molecule has 4 rings (SSSR count). The van der Waals surface area contributed by atoms with Gasteiger partial charge in [-0.1, -0.05) is 54.0 Å². The number of rotatable bonds is 1. The molecule has 4 nitrogen and oxygen atoms in total. The topological polar surface area (TPSA) is 49.4 Å². The van der Waals surface area contributed by atoms with Crippen molar-refractivity contribution in [3.63, 3.8) is 0 Å². The molecule has 2 aromatic carbocycles. The van der Waals surface area contributed by atoms with Crippen molar-refractivity contribution in [3.8, 4) is 0 Å². The predicted octanol–water partition coefficient (Wildman–Crippen LogP) is 5.61. The van der Waals surface area contributed by atoms with E-state index in [2.05, 4.69) is 35.1 Å². The van der Waals surface area contributed by atoms with Gasteiger partial charge >= 0.3 is 0 Å². The van der Waals surface area contributed by atoms with E-state index in [-0.39, 0.29) is 17.1 Å². The number of amides is 1. The lowest BCUT2D eigenvalue weighted by molar-refractivity contribution is -0.118. The van der Waals surface area contributed by atoms with Crippen LogP contribution in [0.25, 0.3) is 0 Å². The van der Waals surface area contributed by atoms with Crippen LogP contribution in [-0.4, -0.2) is 11.7 Å². The second kappa shape index (κ2) is 6.89. The normalized spacial score (nSPS) is 20.8. The molecule has 0 bridgehead atoms. The fourth-order valence-corrected chi connectivity index (χ4v) is 4.74. The van der Waals surface area contributed by atoms with Crippen molar-refractivity contribution in [1.82, 2.24) is 0 Å². The van der Waals surface area contributed by atoms with Crippen molar-refractivity contribution in [2.45, 2.75) is 39.7 Å². The van der Waals surface area contributed by atoms with Crippen LogP contribution in [0.3, 0.4) is 0 Å². The second-order valence-corrected chi connectivity index (χ2v) is 9.24. The maximum Gasteiger partial charge on any atom is 0.224 e. The third kappa shape index (κ3) is 3.28. The fourth-order valence-electron chi connectivity index (χ4n) is 4.33. The highest BCUT2D eigenvalue weighted by Crippen LogP contribution is 2.48. The number of ketones is 1. The molecule has 2 aliphatic rings. The zero-order valence-corrected chi connectivity index (χ0v) is 17.8. The van der Waals surface area contributed by atoms with Crippen LogP contribution in [0.2, 0.25) is 0 Å². The number of allylic oxidation sites excluding steroid dienone is 1. The van der Waals surface area contributed by atoms with Gasteiger partial charge in [0.25, 0.3) is 0 Å². The summed E-state index contributed by atoms with van der Waals surface area (Å²) in [7, 11) is 0. The minimum atomic E-state index is -0.454. The Balaban J connectivity index is 2.02. The first-order valence-corrected chi connectivity index (χ1v) is 10.2. The summed E-state index contributed by atoms with van der Waals surface area (Å²) in [6, 6.07) is 15.2. The molecular formula is C23H23BrN2O2. The van der Waals surface area contributed by atoms with Gasteiger partial charge in [-0.15, -0.1) is 0 Å². The highest BCUT2D eigenvalue weighted by atomic mass is 79.9. The molecule has 1 heterocycles. The number of carbonyl (C=O) groups is 2. The summed E-state index contributed by atoms with van der Waals surface area (Å²) in [5.41, 5.74) is 4.06. The molecule has 0 radical (unpaired) electrons. The Morgan fingerprint density at radius 3 is 2.61 bits per heavy atom. The van der Waals surface area contributed by atoms with Crippen LogP contribution in [-0.2, 0) is 9.59 Å². The standard InChI is InChI=1S/C23H23BrN2O2/c1-14(27)26-19-10-5-4-9-17(19)25-18-12-23(2,3)13-20(28)21(18)22(26)15-7-6-8-16(24)11-15/h4-11,22,25H,12-13H2,1-3H3/t22-/m0/s1. The van der Waals surface area contributed by atoms with Crippen molar-refractivity contribution in [1.29, 1.82) is 0 Å². The fraction of sp³-hybridized carbons (Fsp3) is 0.304. The molecule has 5 heteroatoms. The average molecular weight is 439 g/mol. The molecule has 1 aliphatic carbocycles. The van der Waals surface area contributed by atoms with E-state index in [1.54, 1.807) is 11.8 Å². The molecule has 2 aromatic rings. The molecule has 0 spiro atoms. The van der Waals surface area contributed by atoms with Crippen molar-refractivity contribution < 1.29 is 9.59 Å². The molecule has 0 saturated carbocycles. The molecule has 144 valence electrons. The monoisotopic (exact) mass is 438 g/mol. The smallest absolute Gasteiger partial charge is 0.224 e. The maximum absolute atomic E-state index is 13.3. The Kier molecular flexibility index (Phi) is 4.66. The van der Waals surface area contributed by atoms with Crippen LogP contribution >= 0.6 is 15.9 Å². The lowest BCUT2D eigenvalue weighted by Crippen LogP contribution is -2.38. The van der Waals surface area contributed by atoms with Gasteiger partial charge in [0.05, 0.1) is 17.4 Å². The van der Waals surface area contributed by atoms with Gasteiger partial charge < -0.3 is 5.32 Å².